The third-order valence-corrected chi connectivity index (χ3v) is 2.43. The first-order chi connectivity index (χ1) is 3.85. The molecule has 2 bridgehead atoms. The summed E-state index contributed by atoms with van der Waals surface area (Å²) < 4.78 is 0. The molecular formula is C6H11NO. The summed E-state index contributed by atoms with van der Waals surface area (Å²) in [5.74, 6) is 0.891. The van der Waals surface area contributed by atoms with Gasteiger partial charge in [-0.05, 0) is 25.3 Å². The summed E-state index contributed by atoms with van der Waals surface area (Å²) in [6.07, 6.45) is 2.42. The van der Waals surface area contributed by atoms with Gasteiger partial charge in [-0.1, -0.05) is 0 Å². The molecule has 0 atom stereocenters. The van der Waals surface area contributed by atoms with Crippen molar-refractivity contribution in [1.29, 1.82) is 0 Å². The molecule has 2 heterocycles. The molecule has 1 saturated carbocycles. The highest BCUT2D eigenvalue weighted by molar-refractivity contribution is 5.07. The van der Waals surface area contributed by atoms with E-state index in [1.165, 1.54) is 12.8 Å². The third kappa shape index (κ3) is 0.400. The molecule has 8 heavy (non-hydrogen) atoms. The Labute approximate surface area is 48.9 Å². The van der Waals surface area contributed by atoms with Crippen molar-refractivity contribution in [2.75, 3.05) is 13.2 Å². The summed E-state index contributed by atoms with van der Waals surface area (Å²) in [5, 5.41) is 12.1. The van der Waals surface area contributed by atoms with Gasteiger partial charge in [0.15, 0.2) is 0 Å². The molecule has 2 saturated heterocycles. The Hall–Kier alpha value is -0.0800. The van der Waals surface area contributed by atoms with Gasteiger partial charge in [0.2, 0.25) is 0 Å². The number of nitrogens with one attached hydrogen (secondary N) is 1. The number of aliphatic hydroxyl groups excluding tert-OH is 1. The van der Waals surface area contributed by atoms with Crippen molar-refractivity contribution in [3.8, 4) is 0 Å². The summed E-state index contributed by atoms with van der Waals surface area (Å²) in [6, 6.07) is 0. The SMILES string of the molecule is OCC12CC(CN1)C2. The second-order valence-corrected chi connectivity index (χ2v) is 3.09. The quantitative estimate of drug-likeness (QED) is 0.490. The maximum absolute atomic E-state index is 8.80. The molecule has 0 aromatic rings. The van der Waals surface area contributed by atoms with Crippen molar-refractivity contribution in [2.24, 2.45) is 5.92 Å². The lowest BCUT2D eigenvalue weighted by molar-refractivity contribution is 0.116. The van der Waals surface area contributed by atoms with Crippen LogP contribution in [0.3, 0.4) is 0 Å². The number of fused-ring (bicyclic) bond motifs is 1. The number of aliphatic hydroxyl groups is 1. The number of hydrogen-bond acceptors (Lipinski definition) is 2. The first kappa shape index (κ1) is 4.77. The van der Waals surface area contributed by atoms with Crippen LogP contribution in [-0.4, -0.2) is 23.8 Å². The highest BCUT2D eigenvalue weighted by Gasteiger charge is 2.49. The largest absolute Gasteiger partial charge is 0.394 e. The Morgan fingerprint density at radius 3 is 2.62 bits per heavy atom. The molecule has 0 aromatic carbocycles. The number of hydrogen-bond donors (Lipinski definition) is 2. The minimum atomic E-state index is 0.185. The Bertz CT molecular complexity index is 102. The van der Waals surface area contributed by atoms with Gasteiger partial charge in [-0.3, -0.25) is 0 Å². The molecule has 3 rings (SSSR count). The maximum atomic E-state index is 8.80. The lowest BCUT2D eigenvalue weighted by atomic mass is 9.74. The lowest BCUT2D eigenvalue weighted by Gasteiger charge is -2.35. The molecule has 0 aromatic heterocycles. The molecule has 1 aliphatic carbocycles. The average molecular weight is 113 g/mol. The van der Waals surface area contributed by atoms with Gasteiger partial charge < -0.3 is 10.4 Å². The van der Waals surface area contributed by atoms with Gasteiger partial charge in [0, 0.05) is 5.54 Å². The fourth-order valence-corrected chi connectivity index (χ4v) is 1.88. The van der Waals surface area contributed by atoms with Gasteiger partial charge in [-0.2, -0.15) is 0 Å². The van der Waals surface area contributed by atoms with Crippen LogP contribution in [0.25, 0.3) is 0 Å². The number of rotatable bonds is 1. The summed E-state index contributed by atoms with van der Waals surface area (Å²) in [7, 11) is 0. The zero-order valence-electron chi connectivity index (χ0n) is 4.85. The zero-order chi connectivity index (χ0) is 5.61. The van der Waals surface area contributed by atoms with E-state index in [9.17, 15) is 0 Å². The summed E-state index contributed by atoms with van der Waals surface area (Å²) in [5.41, 5.74) is 0.185. The molecule has 0 radical (unpaired) electrons. The minimum Gasteiger partial charge on any atom is -0.394 e. The van der Waals surface area contributed by atoms with Gasteiger partial charge in [0.25, 0.3) is 0 Å². The first-order valence-corrected chi connectivity index (χ1v) is 3.21. The first-order valence-electron chi connectivity index (χ1n) is 3.21. The van der Waals surface area contributed by atoms with Gasteiger partial charge >= 0.3 is 0 Å². The molecule has 0 unspecified atom stereocenters. The lowest BCUT2D eigenvalue weighted by Crippen LogP contribution is -2.46. The van der Waals surface area contributed by atoms with Crippen LogP contribution in [0.4, 0.5) is 0 Å². The normalized spacial score (nSPS) is 51.4. The second-order valence-electron chi connectivity index (χ2n) is 3.09. The molecule has 3 aliphatic rings. The van der Waals surface area contributed by atoms with Crippen molar-refractivity contribution >= 4 is 0 Å². The Morgan fingerprint density at radius 1 is 1.62 bits per heavy atom. The highest BCUT2D eigenvalue weighted by atomic mass is 16.3. The van der Waals surface area contributed by atoms with Crippen LogP contribution in [0.5, 0.6) is 0 Å². The molecule has 3 fully saturated rings. The topological polar surface area (TPSA) is 32.3 Å². The van der Waals surface area contributed by atoms with Gasteiger partial charge in [-0.15, -0.1) is 0 Å². The molecule has 2 heteroatoms. The van der Waals surface area contributed by atoms with Crippen LogP contribution < -0.4 is 5.32 Å². The van der Waals surface area contributed by atoms with E-state index in [0.717, 1.165) is 12.5 Å². The maximum Gasteiger partial charge on any atom is 0.0613 e. The van der Waals surface area contributed by atoms with Crippen molar-refractivity contribution in [1.82, 2.24) is 5.32 Å². The van der Waals surface area contributed by atoms with E-state index in [1.807, 2.05) is 0 Å². The van der Waals surface area contributed by atoms with Crippen molar-refractivity contribution in [3.05, 3.63) is 0 Å². The van der Waals surface area contributed by atoms with Crippen LogP contribution in [0.15, 0.2) is 0 Å². The zero-order valence-corrected chi connectivity index (χ0v) is 4.85. The molecule has 0 amide bonds. The smallest absolute Gasteiger partial charge is 0.0613 e. The summed E-state index contributed by atoms with van der Waals surface area (Å²) in [4.78, 5) is 0. The molecule has 46 valence electrons. The molecule has 2 nitrogen and oxygen atoms in total. The van der Waals surface area contributed by atoms with Crippen molar-refractivity contribution < 1.29 is 5.11 Å². The van der Waals surface area contributed by atoms with E-state index in [1.54, 1.807) is 0 Å². The third-order valence-electron chi connectivity index (χ3n) is 2.43. The second kappa shape index (κ2) is 1.25. The van der Waals surface area contributed by atoms with Crippen molar-refractivity contribution in [2.45, 2.75) is 18.4 Å². The monoisotopic (exact) mass is 113 g/mol. The summed E-state index contributed by atoms with van der Waals surface area (Å²) >= 11 is 0. The fraction of sp³-hybridized carbons (Fsp3) is 1.00. The van der Waals surface area contributed by atoms with Gasteiger partial charge in [-0.25, -0.2) is 0 Å². The van der Waals surface area contributed by atoms with Gasteiger partial charge in [0.1, 0.15) is 0 Å². The molecule has 2 aliphatic heterocycles. The van der Waals surface area contributed by atoms with E-state index in [-0.39, 0.29) is 5.54 Å². The standard InChI is InChI=1S/C6H11NO/c8-4-6-1-5(2-6)3-7-6/h5,7-8H,1-4H2. The summed E-state index contributed by atoms with van der Waals surface area (Å²) in [6.45, 7) is 1.48. The molecule has 2 N–H and O–H groups in total. The van der Waals surface area contributed by atoms with E-state index in [2.05, 4.69) is 5.32 Å². The van der Waals surface area contributed by atoms with Crippen LogP contribution in [0.1, 0.15) is 12.8 Å². The Morgan fingerprint density at radius 2 is 2.38 bits per heavy atom. The van der Waals surface area contributed by atoms with E-state index >= 15 is 0 Å². The van der Waals surface area contributed by atoms with Gasteiger partial charge in [0.05, 0.1) is 6.61 Å². The average Bonchev–Trinajstić information content (AvgIpc) is 2.17. The highest BCUT2D eigenvalue weighted by Crippen LogP contribution is 2.42. The van der Waals surface area contributed by atoms with E-state index in [4.69, 9.17) is 5.11 Å². The Kier molecular flexibility index (Phi) is 0.746. The Balaban J connectivity index is 2.09. The fourth-order valence-electron chi connectivity index (χ4n) is 1.88. The molecular weight excluding hydrogens is 102 g/mol. The predicted molar refractivity (Wildman–Crippen MR) is 30.5 cm³/mol. The van der Waals surface area contributed by atoms with Crippen LogP contribution in [-0.2, 0) is 0 Å². The van der Waals surface area contributed by atoms with Crippen LogP contribution in [0.2, 0.25) is 0 Å². The van der Waals surface area contributed by atoms with Crippen molar-refractivity contribution in [3.63, 3.8) is 0 Å². The van der Waals surface area contributed by atoms with Crippen LogP contribution >= 0.6 is 0 Å². The molecule has 0 spiro atoms. The predicted octanol–water partition coefficient (Wildman–Crippen LogP) is -0.269. The van der Waals surface area contributed by atoms with Crippen LogP contribution in [0, 0.1) is 5.92 Å². The van der Waals surface area contributed by atoms with E-state index < -0.39 is 0 Å². The minimum absolute atomic E-state index is 0.185. The van der Waals surface area contributed by atoms with E-state index in [0.29, 0.717) is 6.61 Å².